The lowest BCUT2D eigenvalue weighted by molar-refractivity contribution is -0.135. The topological polar surface area (TPSA) is 26.9 Å². The van der Waals surface area contributed by atoms with E-state index in [0.29, 0.717) is 0 Å². The van der Waals surface area contributed by atoms with E-state index in [1.54, 1.807) is 17.0 Å². The molecule has 90 valence electrons. The number of halogens is 3. The Hall–Kier alpha value is -1.20. The summed E-state index contributed by atoms with van der Waals surface area (Å²) in [5, 5.41) is 0. The van der Waals surface area contributed by atoms with Gasteiger partial charge >= 0.3 is 11.9 Å². The molecule has 1 saturated carbocycles. The van der Waals surface area contributed by atoms with Gasteiger partial charge in [-0.05, 0) is 19.3 Å². The van der Waals surface area contributed by atoms with Gasteiger partial charge in [-0.15, -0.1) is 0 Å². The first-order chi connectivity index (χ1) is 7.47. The fourth-order valence-electron chi connectivity index (χ4n) is 1.68. The average Bonchev–Trinajstić information content (AvgIpc) is 2.93. The Bertz CT molecular complexity index is 414. The summed E-state index contributed by atoms with van der Waals surface area (Å²) in [7, 11) is 0. The van der Waals surface area contributed by atoms with Gasteiger partial charge in [0.05, 0.1) is 0 Å². The summed E-state index contributed by atoms with van der Waals surface area (Å²) in [6, 6.07) is 0.274. The molecule has 0 aliphatic heterocycles. The van der Waals surface area contributed by atoms with Crippen molar-refractivity contribution in [3.63, 3.8) is 0 Å². The fraction of sp³-hybridized carbons (Fsp3) is 0.700. The molecule has 0 amide bonds. The van der Waals surface area contributed by atoms with Gasteiger partial charge in [0.15, 0.2) is 0 Å². The molecule has 16 heavy (non-hydrogen) atoms. The number of alkyl halides is 3. The molecule has 0 radical (unpaired) electrons. The van der Waals surface area contributed by atoms with Crippen LogP contribution in [-0.2, 0) is 6.54 Å². The van der Waals surface area contributed by atoms with Crippen molar-refractivity contribution in [1.82, 2.24) is 9.13 Å². The Morgan fingerprint density at radius 2 is 2.00 bits per heavy atom. The van der Waals surface area contributed by atoms with Crippen LogP contribution in [-0.4, -0.2) is 15.3 Å². The first-order valence-corrected chi connectivity index (χ1v) is 5.31. The normalized spacial score (nSPS) is 16.7. The summed E-state index contributed by atoms with van der Waals surface area (Å²) in [5.41, 5.74) is -0.190. The standard InChI is InChI=1S/C10H13F3N2O/c11-10(12,13)4-1-5-14-6-7-15(9(14)16)8-2-3-8/h6-8H,1-5H2. The molecule has 6 heteroatoms. The van der Waals surface area contributed by atoms with Gasteiger partial charge in [-0.1, -0.05) is 0 Å². The molecular weight excluding hydrogens is 221 g/mol. The monoisotopic (exact) mass is 234 g/mol. The second-order valence-electron chi connectivity index (χ2n) is 4.13. The molecule has 1 aromatic heterocycles. The number of imidazole rings is 1. The quantitative estimate of drug-likeness (QED) is 0.785. The molecule has 0 unspecified atom stereocenters. The zero-order valence-electron chi connectivity index (χ0n) is 8.70. The van der Waals surface area contributed by atoms with E-state index in [1.807, 2.05) is 0 Å². The molecule has 1 aromatic rings. The van der Waals surface area contributed by atoms with Crippen LogP contribution in [0.5, 0.6) is 0 Å². The van der Waals surface area contributed by atoms with E-state index >= 15 is 0 Å². The third kappa shape index (κ3) is 2.68. The van der Waals surface area contributed by atoms with Crippen molar-refractivity contribution in [2.75, 3.05) is 0 Å². The van der Waals surface area contributed by atoms with Gasteiger partial charge in [0.2, 0.25) is 0 Å². The van der Waals surface area contributed by atoms with Crippen LogP contribution in [0.25, 0.3) is 0 Å². The third-order valence-electron chi connectivity index (χ3n) is 2.67. The minimum atomic E-state index is -4.14. The van der Waals surface area contributed by atoms with Crippen LogP contribution in [0.4, 0.5) is 13.2 Å². The third-order valence-corrected chi connectivity index (χ3v) is 2.67. The molecule has 1 fully saturated rings. The van der Waals surface area contributed by atoms with Crippen molar-refractivity contribution in [3.8, 4) is 0 Å². The van der Waals surface area contributed by atoms with E-state index in [4.69, 9.17) is 0 Å². The van der Waals surface area contributed by atoms with Gasteiger partial charge in [-0.2, -0.15) is 13.2 Å². The number of aromatic nitrogens is 2. The second-order valence-corrected chi connectivity index (χ2v) is 4.13. The molecule has 3 nitrogen and oxygen atoms in total. The Kier molecular flexibility index (Phi) is 2.82. The van der Waals surface area contributed by atoms with Crippen LogP contribution >= 0.6 is 0 Å². The lowest BCUT2D eigenvalue weighted by Gasteiger charge is -2.05. The van der Waals surface area contributed by atoms with Gasteiger partial charge in [-0.25, -0.2) is 4.79 Å². The summed E-state index contributed by atoms with van der Waals surface area (Å²) >= 11 is 0. The van der Waals surface area contributed by atoms with Crippen molar-refractivity contribution >= 4 is 0 Å². The van der Waals surface area contributed by atoms with Gasteiger partial charge < -0.3 is 0 Å². The molecule has 0 spiro atoms. The highest BCUT2D eigenvalue weighted by atomic mass is 19.4. The summed E-state index contributed by atoms with van der Waals surface area (Å²) in [6.45, 7) is 0.137. The highest BCUT2D eigenvalue weighted by Gasteiger charge is 2.27. The van der Waals surface area contributed by atoms with Gasteiger partial charge in [0, 0.05) is 31.4 Å². The van der Waals surface area contributed by atoms with E-state index < -0.39 is 12.6 Å². The smallest absolute Gasteiger partial charge is 0.299 e. The summed E-state index contributed by atoms with van der Waals surface area (Å²) < 4.78 is 38.7. The maximum Gasteiger partial charge on any atom is 0.389 e. The molecule has 0 atom stereocenters. The van der Waals surface area contributed by atoms with Crippen LogP contribution in [0.15, 0.2) is 17.2 Å². The molecule has 0 N–H and O–H groups in total. The Morgan fingerprint density at radius 1 is 1.31 bits per heavy atom. The van der Waals surface area contributed by atoms with Crippen LogP contribution < -0.4 is 5.69 Å². The van der Waals surface area contributed by atoms with Crippen molar-refractivity contribution in [2.24, 2.45) is 0 Å². The number of hydrogen-bond donors (Lipinski definition) is 0. The minimum Gasteiger partial charge on any atom is -0.299 e. The van der Waals surface area contributed by atoms with Crippen molar-refractivity contribution < 1.29 is 13.2 Å². The van der Waals surface area contributed by atoms with Gasteiger partial charge in [0.1, 0.15) is 0 Å². The molecule has 1 aliphatic carbocycles. The molecule has 1 aliphatic rings. The van der Waals surface area contributed by atoms with E-state index in [9.17, 15) is 18.0 Å². The SMILES string of the molecule is O=c1n(CCCC(F)(F)F)ccn1C1CC1. The summed E-state index contributed by atoms with van der Waals surface area (Å²) in [6.07, 6.45) is 0.193. The zero-order valence-corrected chi connectivity index (χ0v) is 8.70. The number of nitrogens with zero attached hydrogens (tertiary/aromatic N) is 2. The largest absolute Gasteiger partial charge is 0.389 e. The molecule has 0 bridgehead atoms. The van der Waals surface area contributed by atoms with Crippen LogP contribution in [0.3, 0.4) is 0 Å². The lowest BCUT2D eigenvalue weighted by Crippen LogP contribution is -2.24. The Balaban J connectivity index is 1.92. The molecular formula is C10H13F3N2O. The molecule has 0 saturated heterocycles. The molecule has 2 rings (SSSR count). The van der Waals surface area contributed by atoms with Crippen LogP contribution in [0.2, 0.25) is 0 Å². The maximum atomic E-state index is 11.9. The molecule has 1 heterocycles. The second kappa shape index (κ2) is 3.99. The van der Waals surface area contributed by atoms with E-state index in [0.717, 1.165) is 12.8 Å². The highest BCUT2D eigenvalue weighted by molar-refractivity contribution is 4.91. The maximum absolute atomic E-state index is 11.9. The van der Waals surface area contributed by atoms with E-state index in [-0.39, 0.29) is 24.7 Å². The summed E-state index contributed by atoms with van der Waals surface area (Å²) in [4.78, 5) is 11.7. The first kappa shape index (κ1) is 11.3. The van der Waals surface area contributed by atoms with E-state index in [2.05, 4.69) is 0 Å². The number of hydrogen-bond acceptors (Lipinski definition) is 1. The van der Waals surface area contributed by atoms with Crippen molar-refractivity contribution in [3.05, 3.63) is 22.9 Å². The first-order valence-electron chi connectivity index (χ1n) is 5.31. The van der Waals surface area contributed by atoms with Crippen LogP contribution in [0, 0.1) is 0 Å². The number of aryl methyl sites for hydroxylation is 1. The van der Waals surface area contributed by atoms with E-state index in [1.165, 1.54) is 4.57 Å². The predicted molar refractivity (Wildman–Crippen MR) is 52.3 cm³/mol. The highest BCUT2D eigenvalue weighted by Crippen LogP contribution is 2.33. The van der Waals surface area contributed by atoms with Gasteiger partial charge in [0.25, 0.3) is 0 Å². The average molecular weight is 234 g/mol. The Morgan fingerprint density at radius 3 is 2.56 bits per heavy atom. The number of rotatable bonds is 4. The fourth-order valence-corrected chi connectivity index (χ4v) is 1.68. The Labute approximate surface area is 90.5 Å². The van der Waals surface area contributed by atoms with Crippen molar-refractivity contribution in [1.29, 1.82) is 0 Å². The van der Waals surface area contributed by atoms with Gasteiger partial charge in [-0.3, -0.25) is 9.13 Å². The zero-order chi connectivity index (χ0) is 11.8. The van der Waals surface area contributed by atoms with Crippen LogP contribution in [0.1, 0.15) is 31.7 Å². The minimum absolute atomic E-state index is 0.0436. The predicted octanol–water partition coefficient (Wildman–Crippen LogP) is 2.33. The lowest BCUT2D eigenvalue weighted by atomic mass is 10.3. The molecule has 0 aromatic carbocycles. The summed E-state index contributed by atoms with van der Waals surface area (Å²) in [5.74, 6) is 0. The van der Waals surface area contributed by atoms with Crippen molar-refractivity contribution in [2.45, 2.75) is 44.4 Å².